The Hall–Kier alpha value is -4.31. The van der Waals surface area contributed by atoms with Crippen LogP contribution in [-0.4, -0.2) is 36.3 Å². The molecule has 0 atom stereocenters. The first-order valence-electron chi connectivity index (χ1n) is 14.8. The number of rotatable bonds is 15. The molecule has 1 aliphatic carbocycles. The van der Waals surface area contributed by atoms with Crippen molar-refractivity contribution < 1.29 is 28.2 Å². The molecule has 0 saturated heterocycles. The second-order valence-corrected chi connectivity index (χ2v) is 11.2. The van der Waals surface area contributed by atoms with Gasteiger partial charge in [-0.05, 0) is 92.1 Å². The minimum absolute atomic E-state index is 0.385. The number of thiol groups is 1. The SMILES string of the molecule is COc1cc2c(Oc3ccc(NC(=O)C4(C(=O)Nc5ccc(F)cc5)CC4)cc3)ccnc2cc1OCCCCCCCS. The van der Waals surface area contributed by atoms with E-state index in [2.05, 4.69) is 28.2 Å². The van der Waals surface area contributed by atoms with Gasteiger partial charge in [-0.25, -0.2) is 4.39 Å². The molecule has 1 aromatic heterocycles. The van der Waals surface area contributed by atoms with Gasteiger partial charge in [0.05, 0.1) is 19.2 Å². The molecule has 3 aromatic carbocycles. The summed E-state index contributed by atoms with van der Waals surface area (Å²) in [6.07, 6.45) is 8.12. The highest BCUT2D eigenvalue weighted by Gasteiger charge is 2.56. The fourth-order valence-corrected chi connectivity index (χ4v) is 5.09. The van der Waals surface area contributed by atoms with Gasteiger partial charge in [-0.2, -0.15) is 12.6 Å². The molecule has 2 amide bonds. The second kappa shape index (κ2) is 14.4. The maximum absolute atomic E-state index is 13.2. The average Bonchev–Trinajstić information content (AvgIpc) is 3.85. The van der Waals surface area contributed by atoms with E-state index in [-0.39, 0.29) is 5.91 Å². The van der Waals surface area contributed by atoms with Gasteiger partial charge in [-0.3, -0.25) is 14.6 Å². The molecule has 10 heteroatoms. The number of benzene rings is 3. The zero-order valence-corrected chi connectivity index (χ0v) is 25.5. The molecule has 1 fully saturated rings. The molecule has 44 heavy (non-hydrogen) atoms. The highest BCUT2D eigenvalue weighted by atomic mass is 32.1. The van der Waals surface area contributed by atoms with Crippen LogP contribution < -0.4 is 24.8 Å². The molecular weight excluding hydrogens is 581 g/mol. The molecule has 0 unspecified atom stereocenters. The third-order valence-electron chi connectivity index (χ3n) is 7.61. The van der Waals surface area contributed by atoms with Gasteiger partial charge in [-0.1, -0.05) is 19.3 Å². The number of ether oxygens (including phenoxy) is 3. The predicted octanol–water partition coefficient (Wildman–Crippen LogP) is 7.79. The third-order valence-corrected chi connectivity index (χ3v) is 7.92. The Morgan fingerprint density at radius 3 is 2.11 bits per heavy atom. The van der Waals surface area contributed by atoms with E-state index in [1.807, 2.05) is 12.1 Å². The molecule has 0 aliphatic heterocycles. The molecule has 0 spiro atoms. The van der Waals surface area contributed by atoms with E-state index in [0.717, 1.165) is 30.4 Å². The van der Waals surface area contributed by atoms with Gasteiger partial charge in [0.2, 0.25) is 11.8 Å². The maximum Gasteiger partial charge on any atom is 0.240 e. The van der Waals surface area contributed by atoms with Crippen LogP contribution in [0.5, 0.6) is 23.0 Å². The first kappa shape index (κ1) is 31.1. The van der Waals surface area contributed by atoms with E-state index in [1.54, 1.807) is 43.6 Å². The number of pyridine rings is 1. The van der Waals surface area contributed by atoms with Gasteiger partial charge in [0.1, 0.15) is 22.7 Å². The summed E-state index contributed by atoms with van der Waals surface area (Å²) in [5, 5.41) is 6.32. The molecule has 0 bridgehead atoms. The summed E-state index contributed by atoms with van der Waals surface area (Å²) in [5.74, 6) is 2.12. The number of nitrogens with one attached hydrogen (secondary N) is 2. The Kier molecular flexibility index (Phi) is 10.2. The maximum atomic E-state index is 13.2. The van der Waals surface area contributed by atoms with Gasteiger partial charge in [0.25, 0.3) is 0 Å². The lowest BCUT2D eigenvalue weighted by atomic mass is 10.0. The van der Waals surface area contributed by atoms with Crippen molar-refractivity contribution in [1.29, 1.82) is 0 Å². The summed E-state index contributed by atoms with van der Waals surface area (Å²) in [6.45, 7) is 0.599. The molecule has 4 aromatic rings. The number of halogens is 1. The molecular formula is C34H36FN3O5S. The highest BCUT2D eigenvalue weighted by molar-refractivity contribution is 7.80. The summed E-state index contributed by atoms with van der Waals surface area (Å²) in [6, 6.07) is 17.9. The Balaban J connectivity index is 1.20. The lowest BCUT2D eigenvalue weighted by Gasteiger charge is -2.16. The van der Waals surface area contributed by atoms with Crippen molar-refractivity contribution in [3.05, 3.63) is 78.7 Å². The van der Waals surface area contributed by atoms with Gasteiger partial charge in [0, 0.05) is 29.0 Å². The van der Waals surface area contributed by atoms with Crippen LogP contribution in [0.25, 0.3) is 10.9 Å². The van der Waals surface area contributed by atoms with Crippen LogP contribution >= 0.6 is 12.6 Å². The van der Waals surface area contributed by atoms with Crippen molar-refractivity contribution >= 4 is 46.7 Å². The van der Waals surface area contributed by atoms with Crippen molar-refractivity contribution in [3.8, 4) is 23.0 Å². The zero-order chi connectivity index (χ0) is 30.9. The quantitative estimate of drug-likeness (QED) is 0.0716. The Labute approximate surface area is 261 Å². The molecule has 5 rings (SSSR count). The lowest BCUT2D eigenvalue weighted by molar-refractivity contribution is -0.131. The highest BCUT2D eigenvalue weighted by Crippen LogP contribution is 2.47. The van der Waals surface area contributed by atoms with Crippen molar-refractivity contribution in [2.24, 2.45) is 5.41 Å². The Morgan fingerprint density at radius 2 is 1.48 bits per heavy atom. The summed E-state index contributed by atoms with van der Waals surface area (Å²) >= 11 is 4.26. The van der Waals surface area contributed by atoms with Crippen molar-refractivity contribution in [2.45, 2.75) is 44.9 Å². The van der Waals surface area contributed by atoms with E-state index in [4.69, 9.17) is 14.2 Å². The monoisotopic (exact) mass is 617 g/mol. The number of methoxy groups -OCH3 is 1. The molecule has 230 valence electrons. The summed E-state index contributed by atoms with van der Waals surface area (Å²) in [5.41, 5.74) is 0.540. The number of anilines is 2. The fraction of sp³-hybridized carbons (Fsp3) is 0.324. The van der Waals surface area contributed by atoms with Crippen molar-refractivity contribution in [2.75, 3.05) is 30.1 Å². The van der Waals surface area contributed by atoms with Crippen LogP contribution in [0.15, 0.2) is 72.9 Å². The number of amides is 2. The topological polar surface area (TPSA) is 98.8 Å². The largest absolute Gasteiger partial charge is 0.493 e. The molecule has 2 N–H and O–H groups in total. The normalized spacial score (nSPS) is 13.2. The molecule has 8 nitrogen and oxygen atoms in total. The van der Waals surface area contributed by atoms with Crippen molar-refractivity contribution in [1.82, 2.24) is 4.98 Å². The number of nitrogens with zero attached hydrogens (tertiary/aromatic N) is 1. The number of unbranched alkanes of at least 4 members (excludes halogenated alkanes) is 4. The predicted molar refractivity (Wildman–Crippen MR) is 173 cm³/mol. The summed E-state index contributed by atoms with van der Waals surface area (Å²) < 4.78 is 31.0. The number of carbonyl (C=O) groups is 2. The molecule has 1 heterocycles. The van der Waals surface area contributed by atoms with Crippen LogP contribution in [0, 0.1) is 11.2 Å². The van der Waals surface area contributed by atoms with Gasteiger partial charge in [-0.15, -0.1) is 0 Å². The molecule has 1 aliphatic rings. The number of carbonyl (C=O) groups excluding carboxylic acids is 2. The zero-order valence-electron chi connectivity index (χ0n) is 24.6. The first-order chi connectivity index (χ1) is 21.4. The molecule has 0 radical (unpaired) electrons. The third kappa shape index (κ3) is 7.60. The molecule has 1 saturated carbocycles. The van der Waals surface area contributed by atoms with E-state index < -0.39 is 17.1 Å². The van der Waals surface area contributed by atoms with Crippen molar-refractivity contribution in [3.63, 3.8) is 0 Å². The van der Waals surface area contributed by atoms with Crippen LogP contribution in [0.4, 0.5) is 15.8 Å². The minimum Gasteiger partial charge on any atom is -0.493 e. The van der Waals surface area contributed by atoms with Crippen LogP contribution in [0.1, 0.15) is 44.9 Å². The van der Waals surface area contributed by atoms with Crippen LogP contribution in [0.2, 0.25) is 0 Å². The van der Waals surface area contributed by atoms with Gasteiger partial charge in [0.15, 0.2) is 11.5 Å². The smallest absolute Gasteiger partial charge is 0.240 e. The van der Waals surface area contributed by atoms with Crippen LogP contribution in [-0.2, 0) is 9.59 Å². The van der Waals surface area contributed by atoms with E-state index in [9.17, 15) is 14.0 Å². The van der Waals surface area contributed by atoms with Gasteiger partial charge >= 0.3 is 0 Å². The van der Waals surface area contributed by atoms with E-state index in [0.29, 0.717) is 59.3 Å². The fourth-order valence-electron chi connectivity index (χ4n) is 4.87. The number of hydrogen-bond donors (Lipinski definition) is 3. The lowest BCUT2D eigenvalue weighted by Crippen LogP contribution is -2.35. The summed E-state index contributed by atoms with van der Waals surface area (Å²) in [7, 11) is 1.60. The number of hydrogen-bond acceptors (Lipinski definition) is 7. The van der Waals surface area contributed by atoms with E-state index >= 15 is 0 Å². The first-order valence-corrected chi connectivity index (χ1v) is 15.4. The van der Waals surface area contributed by atoms with Crippen LogP contribution in [0.3, 0.4) is 0 Å². The average molecular weight is 618 g/mol. The second-order valence-electron chi connectivity index (χ2n) is 10.8. The van der Waals surface area contributed by atoms with E-state index in [1.165, 1.54) is 37.1 Å². The number of aromatic nitrogens is 1. The Bertz CT molecular complexity index is 1590. The summed E-state index contributed by atoms with van der Waals surface area (Å²) in [4.78, 5) is 30.4. The minimum atomic E-state index is -1.15. The number of fused-ring (bicyclic) bond motifs is 1. The van der Waals surface area contributed by atoms with Gasteiger partial charge < -0.3 is 24.8 Å². The standard InChI is InChI=1S/C34H36FN3O5S/c1-41-30-21-27-28(22-31(30)42-19-5-3-2-4-6-20-44)36-18-15-29(27)43-26-13-11-25(12-14-26)38-33(40)34(16-17-34)32(39)37-24-9-7-23(35)8-10-24/h7-15,18,21-22,44H,2-6,16-17,19-20H2,1H3,(H,37,39)(H,38,40). The Morgan fingerprint density at radius 1 is 0.841 bits per heavy atom.